The normalized spacial score (nSPS) is 23.4. The van der Waals surface area contributed by atoms with Gasteiger partial charge in [0.25, 0.3) is 0 Å². The van der Waals surface area contributed by atoms with E-state index in [2.05, 4.69) is 25.5 Å². The highest BCUT2D eigenvalue weighted by atomic mass is 19.4. The molecule has 0 aromatic carbocycles. The largest absolute Gasteiger partial charge is 0.490 e. The molecule has 0 saturated carbocycles. The summed E-state index contributed by atoms with van der Waals surface area (Å²) in [5.41, 5.74) is 0. The van der Waals surface area contributed by atoms with E-state index >= 15 is 0 Å². The van der Waals surface area contributed by atoms with Crippen molar-refractivity contribution in [2.45, 2.75) is 37.9 Å². The molecule has 3 aliphatic rings. The van der Waals surface area contributed by atoms with Gasteiger partial charge in [-0.2, -0.15) is 26.3 Å². The summed E-state index contributed by atoms with van der Waals surface area (Å²) < 4.78 is 76.9. The maximum atomic E-state index is 10.6. The van der Waals surface area contributed by atoms with Crippen LogP contribution in [0.25, 0.3) is 0 Å². The van der Waals surface area contributed by atoms with E-state index in [1.54, 1.807) is 0 Å². The fraction of sp³-hybridized carbons (Fsp3) is 0.750. The van der Waals surface area contributed by atoms with E-state index in [-0.39, 0.29) is 0 Å². The van der Waals surface area contributed by atoms with E-state index in [9.17, 15) is 26.3 Å². The molecule has 2 saturated heterocycles. The van der Waals surface area contributed by atoms with Gasteiger partial charge in [-0.1, -0.05) is 0 Å². The highest BCUT2D eigenvalue weighted by Gasteiger charge is 2.39. The second-order valence-electron chi connectivity index (χ2n) is 8.33. The van der Waals surface area contributed by atoms with Gasteiger partial charge in [0.2, 0.25) is 0 Å². The van der Waals surface area contributed by atoms with Crippen LogP contribution in [-0.2, 0) is 32.2 Å². The van der Waals surface area contributed by atoms with Crippen molar-refractivity contribution in [3.8, 4) is 0 Å². The molecule has 16 heteroatoms. The molecule has 36 heavy (non-hydrogen) atoms. The van der Waals surface area contributed by atoms with Gasteiger partial charge in [-0.25, -0.2) is 14.6 Å². The van der Waals surface area contributed by atoms with Gasteiger partial charge in [-0.05, 0) is 6.42 Å². The second kappa shape index (κ2) is 13.2. The summed E-state index contributed by atoms with van der Waals surface area (Å²) in [6.07, 6.45) is -4.93. The van der Waals surface area contributed by atoms with Crippen LogP contribution < -0.4 is 0 Å². The number of aromatic nitrogens is 2. The average Bonchev–Trinajstić information content (AvgIpc) is 3.43. The number of hydrogen-bond acceptors (Lipinski definition) is 7. The Hall–Kier alpha value is -2.43. The van der Waals surface area contributed by atoms with E-state index in [0.29, 0.717) is 12.0 Å². The fourth-order valence-electron chi connectivity index (χ4n) is 3.92. The van der Waals surface area contributed by atoms with Gasteiger partial charge in [-0.15, -0.1) is 0 Å². The highest BCUT2D eigenvalue weighted by Crippen LogP contribution is 2.22. The summed E-state index contributed by atoms with van der Waals surface area (Å²) in [7, 11) is 0. The predicted octanol–water partition coefficient (Wildman–Crippen LogP) is 1.70. The van der Waals surface area contributed by atoms with Crippen LogP contribution in [0.4, 0.5) is 26.3 Å². The number of morpholine rings is 1. The average molecular weight is 534 g/mol. The molecular weight excluding hydrogens is 506 g/mol. The van der Waals surface area contributed by atoms with Crippen LogP contribution in [0.15, 0.2) is 12.4 Å². The van der Waals surface area contributed by atoms with Crippen molar-refractivity contribution in [2.24, 2.45) is 5.92 Å². The highest BCUT2D eigenvalue weighted by molar-refractivity contribution is 5.73. The number of imidazole rings is 1. The molecule has 1 aromatic heterocycles. The number of carbonyl (C=O) groups is 2. The van der Waals surface area contributed by atoms with Gasteiger partial charge in [0, 0.05) is 63.7 Å². The summed E-state index contributed by atoms with van der Waals surface area (Å²) in [5, 5.41) is 14.2. The molecule has 0 bridgehead atoms. The monoisotopic (exact) mass is 534 g/mol. The van der Waals surface area contributed by atoms with Gasteiger partial charge in [0.15, 0.2) is 0 Å². The van der Waals surface area contributed by atoms with E-state index in [1.165, 1.54) is 5.82 Å². The predicted molar refractivity (Wildman–Crippen MR) is 110 cm³/mol. The molecule has 4 rings (SSSR count). The molecule has 0 aliphatic carbocycles. The Morgan fingerprint density at radius 2 is 1.56 bits per heavy atom. The van der Waals surface area contributed by atoms with Gasteiger partial charge in [-0.3, -0.25) is 9.80 Å². The first-order valence-corrected chi connectivity index (χ1v) is 11.0. The zero-order valence-corrected chi connectivity index (χ0v) is 19.2. The molecule has 0 spiro atoms. The maximum absolute atomic E-state index is 10.6. The topological polar surface area (TPSA) is 117 Å². The summed E-state index contributed by atoms with van der Waals surface area (Å²) in [5.74, 6) is -3.66. The molecule has 10 nitrogen and oxygen atoms in total. The van der Waals surface area contributed by atoms with Crippen LogP contribution >= 0.6 is 0 Å². The number of fused-ring (bicyclic) bond motifs is 1. The Labute approximate surface area is 202 Å². The van der Waals surface area contributed by atoms with Crippen molar-refractivity contribution >= 4 is 11.9 Å². The lowest BCUT2D eigenvalue weighted by atomic mass is 10.1. The Bertz CT molecular complexity index is 813. The minimum absolute atomic E-state index is 0.565. The van der Waals surface area contributed by atoms with Crippen LogP contribution in [0.2, 0.25) is 0 Å². The Morgan fingerprint density at radius 3 is 2.06 bits per heavy atom. The SMILES string of the molecule is O=C(O)C(F)(F)F.O=C(O)C(F)(F)F.c1cn2c(n1)CN(C1CCOC1)CC(CN1CCOCC1)C2. The summed E-state index contributed by atoms with van der Waals surface area (Å²) >= 11 is 0. The first kappa shape index (κ1) is 29.8. The molecule has 4 heterocycles. The number of hydrogen-bond donors (Lipinski definition) is 2. The lowest BCUT2D eigenvalue weighted by Gasteiger charge is -2.33. The fourth-order valence-corrected chi connectivity index (χ4v) is 3.92. The number of carboxylic acids is 2. The third kappa shape index (κ3) is 9.91. The quantitative estimate of drug-likeness (QED) is 0.559. The second-order valence-corrected chi connectivity index (χ2v) is 8.33. The summed E-state index contributed by atoms with van der Waals surface area (Å²) in [6.45, 7) is 10.0. The molecular formula is C20H28F6N4O6. The number of alkyl halides is 6. The van der Waals surface area contributed by atoms with E-state index in [0.717, 1.165) is 72.1 Å². The maximum Gasteiger partial charge on any atom is 0.490 e. The minimum Gasteiger partial charge on any atom is -0.475 e. The first-order valence-electron chi connectivity index (χ1n) is 11.0. The molecule has 2 unspecified atom stereocenters. The number of nitrogens with zero attached hydrogens (tertiary/aromatic N) is 4. The smallest absolute Gasteiger partial charge is 0.475 e. The molecule has 2 fully saturated rings. The Kier molecular flexibility index (Phi) is 10.9. The van der Waals surface area contributed by atoms with Crippen LogP contribution in [0.5, 0.6) is 0 Å². The Balaban J connectivity index is 0.000000271. The van der Waals surface area contributed by atoms with Gasteiger partial charge < -0.3 is 24.3 Å². The van der Waals surface area contributed by atoms with Crippen molar-refractivity contribution < 1.29 is 55.6 Å². The number of rotatable bonds is 3. The lowest BCUT2D eigenvalue weighted by Crippen LogP contribution is -2.44. The van der Waals surface area contributed by atoms with Gasteiger partial charge in [0.05, 0.1) is 26.4 Å². The first-order chi connectivity index (χ1) is 16.8. The number of aliphatic carboxylic acids is 2. The number of halogens is 6. The molecule has 3 aliphatic heterocycles. The van der Waals surface area contributed by atoms with Crippen molar-refractivity contribution in [2.75, 3.05) is 52.6 Å². The van der Waals surface area contributed by atoms with E-state index in [1.807, 2.05) is 6.20 Å². The van der Waals surface area contributed by atoms with Crippen LogP contribution in [0, 0.1) is 5.92 Å². The number of ether oxygens (including phenoxy) is 2. The van der Waals surface area contributed by atoms with Crippen LogP contribution in [0.3, 0.4) is 0 Å². The lowest BCUT2D eigenvalue weighted by molar-refractivity contribution is -0.193. The van der Waals surface area contributed by atoms with E-state index < -0.39 is 24.3 Å². The van der Waals surface area contributed by atoms with Crippen LogP contribution in [-0.4, -0.2) is 113 Å². The van der Waals surface area contributed by atoms with Gasteiger partial charge in [0.1, 0.15) is 5.82 Å². The minimum atomic E-state index is -5.08. The Morgan fingerprint density at radius 1 is 0.972 bits per heavy atom. The molecule has 206 valence electrons. The molecule has 1 aromatic rings. The van der Waals surface area contributed by atoms with Crippen molar-refractivity contribution in [3.63, 3.8) is 0 Å². The third-order valence-corrected chi connectivity index (χ3v) is 5.62. The van der Waals surface area contributed by atoms with Gasteiger partial charge >= 0.3 is 24.3 Å². The van der Waals surface area contributed by atoms with Crippen molar-refractivity contribution in [1.82, 2.24) is 19.4 Å². The molecule has 2 atom stereocenters. The van der Waals surface area contributed by atoms with Crippen molar-refractivity contribution in [3.05, 3.63) is 18.2 Å². The third-order valence-electron chi connectivity index (χ3n) is 5.62. The molecule has 0 radical (unpaired) electrons. The molecule has 0 amide bonds. The van der Waals surface area contributed by atoms with Crippen LogP contribution in [0.1, 0.15) is 12.2 Å². The molecule has 2 N–H and O–H groups in total. The summed E-state index contributed by atoms with van der Waals surface area (Å²) in [6, 6.07) is 0.565. The summed E-state index contributed by atoms with van der Waals surface area (Å²) in [4.78, 5) is 27.5. The standard InChI is InChI=1S/C16H26N4O2.2C2HF3O2/c1-6-22-13-15(1)20-11-14(9-18-4-7-21-8-5-18)10-19-3-2-17-16(19)12-20;2*3-2(4,5)1(6)7/h2-3,14-15H,1,4-13H2;2*(H,6,7). The van der Waals surface area contributed by atoms with E-state index in [4.69, 9.17) is 29.3 Å². The number of carboxylic acid groups (broad SMARTS) is 2. The zero-order valence-electron chi connectivity index (χ0n) is 19.2. The zero-order chi connectivity index (χ0) is 26.9. The van der Waals surface area contributed by atoms with Crippen molar-refractivity contribution in [1.29, 1.82) is 0 Å².